The number of benzene rings is 2. The lowest BCUT2D eigenvalue weighted by Crippen LogP contribution is -1.75. The molecule has 0 atom stereocenters. The van der Waals surface area contributed by atoms with Crippen molar-refractivity contribution in [3.63, 3.8) is 0 Å². The highest BCUT2D eigenvalue weighted by Crippen LogP contribution is 2.14. The predicted octanol–water partition coefficient (Wildman–Crippen LogP) is 3.68. The van der Waals surface area contributed by atoms with Gasteiger partial charge in [-0.1, -0.05) is 36.4 Å². The summed E-state index contributed by atoms with van der Waals surface area (Å²) in [6.07, 6.45) is 0. The Morgan fingerprint density at radius 2 is 1.40 bits per heavy atom. The van der Waals surface area contributed by atoms with Crippen molar-refractivity contribution in [2.24, 2.45) is 0 Å². The van der Waals surface area contributed by atoms with Crippen molar-refractivity contribution in [3.05, 3.63) is 60.7 Å². The molecule has 0 saturated heterocycles. The highest BCUT2D eigenvalue weighted by molar-refractivity contribution is 8.20. The largest absolute Gasteiger partial charge is 0.234 e. The molecular weight excluding hydrogens is 220 g/mol. The van der Waals surface area contributed by atoms with E-state index >= 15 is 0 Å². The van der Waals surface area contributed by atoms with Crippen LogP contribution in [0.3, 0.4) is 0 Å². The molecule has 0 bridgehead atoms. The molecule has 0 unspecified atom stereocenters. The van der Waals surface area contributed by atoms with E-state index in [1.807, 2.05) is 12.1 Å². The van der Waals surface area contributed by atoms with Crippen LogP contribution in [-0.2, 0) is 11.4 Å². The third-order valence-corrected chi connectivity index (χ3v) is 3.71. The Bertz CT molecular complexity index is 421. The number of hydrogen-bond donors (Lipinski definition) is 0. The summed E-state index contributed by atoms with van der Waals surface area (Å²) in [5.74, 6) is 0. The fraction of sp³-hybridized carbons (Fsp3) is 0. The van der Waals surface area contributed by atoms with Gasteiger partial charge >= 0.3 is 0 Å². The molecule has 0 aliphatic rings. The van der Waals surface area contributed by atoms with Crippen LogP contribution in [0.25, 0.3) is 0 Å². The second-order valence-electron chi connectivity index (χ2n) is 2.96. The van der Waals surface area contributed by atoms with Crippen molar-refractivity contribution >= 4 is 27.8 Å². The Kier molecular flexibility index (Phi) is 3.94. The van der Waals surface area contributed by atoms with Crippen molar-refractivity contribution in [2.75, 3.05) is 0 Å². The fourth-order valence-corrected chi connectivity index (χ4v) is 2.84. The molecule has 2 heteroatoms. The molecule has 0 amide bonds. The standard InChI is InChI=1S/C13H11S2/c1-3-7-12(8-4-1)14-11-15-13-9-5-2-6-10-13/h1-11H/q+1. The van der Waals surface area contributed by atoms with Gasteiger partial charge in [0.15, 0.2) is 0 Å². The van der Waals surface area contributed by atoms with Crippen LogP contribution in [0.5, 0.6) is 0 Å². The van der Waals surface area contributed by atoms with E-state index in [1.165, 1.54) is 9.79 Å². The Morgan fingerprint density at radius 1 is 0.800 bits per heavy atom. The maximum atomic E-state index is 2.16. The van der Waals surface area contributed by atoms with Crippen LogP contribution in [-0.4, -0.2) is 4.70 Å². The monoisotopic (exact) mass is 231 g/mol. The summed E-state index contributed by atoms with van der Waals surface area (Å²) in [6.45, 7) is 0. The Balaban J connectivity index is 1.97. The normalized spacial score (nSPS) is 10.7. The molecule has 15 heavy (non-hydrogen) atoms. The Morgan fingerprint density at radius 3 is 2.07 bits per heavy atom. The molecule has 0 heterocycles. The number of hydrogen-bond acceptors (Lipinski definition) is 1. The Hall–Kier alpha value is -1.12. The first-order chi connectivity index (χ1) is 7.45. The summed E-state index contributed by atoms with van der Waals surface area (Å²) < 4.78 is 2.16. The molecule has 0 saturated carbocycles. The molecule has 0 aliphatic carbocycles. The van der Waals surface area contributed by atoms with E-state index in [2.05, 4.69) is 53.2 Å². The summed E-state index contributed by atoms with van der Waals surface area (Å²) in [6, 6.07) is 20.8. The molecule has 0 aromatic heterocycles. The molecule has 0 nitrogen and oxygen atoms in total. The zero-order valence-electron chi connectivity index (χ0n) is 8.17. The Labute approximate surface area is 98.3 Å². The van der Waals surface area contributed by atoms with E-state index in [0.717, 1.165) is 0 Å². The van der Waals surface area contributed by atoms with Crippen LogP contribution in [0.15, 0.2) is 70.5 Å². The average Bonchev–Trinajstić information content (AvgIpc) is 2.32. The molecule has 2 rings (SSSR count). The molecule has 0 radical (unpaired) electrons. The van der Waals surface area contributed by atoms with Crippen LogP contribution < -0.4 is 0 Å². The SMILES string of the molecule is C(Sc1ccccc1)=[S+]c1ccccc1. The molecule has 74 valence electrons. The van der Waals surface area contributed by atoms with Crippen molar-refractivity contribution in [1.82, 2.24) is 0 Å². The van der Waals surface area contributed by atoms with Crippen LogP contribution in [0, 0.1) is 0 Å². The quantitative estimate of drug-likeness (QED) is 0.441. The maximum Gasteiger partial charge on any atom is 0.234 e. The summed E-state index contributed by atoms with van der Waals surface area (Å²) >= 11 is 3.51. The van der Waals surface area contributed by atoms with Gasteiger partial charge in [-0.2, -0.15) is 0 Å². The first kappa shape index (κ1) is 10.4. The van der Waals surface area contributed by atoms with Crippen molar-refractivity contribution in [2.45, 2.75) is 9.79 Å². The smallest absolute Gasteiger partial charge is 0.0622 e. The lowest BCUT2D eigenvalue weighted by Gasteiger charge is -1.88. The van der Waals surface area contributed by atoms with Crippen LogP contribution >= 0.6 is 11.8 Å². The zero-order valence-corrected chi connectivity index (χ0v) is 9.80. The van der Waals surface area contributed by atoms with E-state index in [9.17, 15) is 0 Å². The van der Waals surface area contributed by atoms with Crippen LogP contribution in [0.1, 0.15) is 0 Å². The van der Waals surface area contributed by atoms with Gasteiger partial charge in [-0.3, -0.25) is 0 Å². The van der Waals surface area contributed by atoms with Crippen molar-refractivity contribution in [3.8, 4) is 0 Å². The van der Waals surface area contributed by atoms with Gasteiger partial charge in [-0.25, -0.2) is 0 Å². The lowest BCUT2D eigenvalue weighted by molar-refractivity contribution is 1.47. The highest BCUT2D eigenvalue weighted by atomic mass is 32.2. The third kappa shape index (κ3) is 3.50. The summed E-state index contributed by atoms with van der Waals surface area (Å²) in [5, 5.41) is 0. The molecule has 0 spiro atoms. The lowest BCUT2D eigenvalue weighted by atomic mass is 10.4. The van der Waals surface area contributed by atoms with Gasteiger partial charge in [-0.05, 0) is 23.9 Å². The first-order valence-corrected chi connectivity index (χ1v) is 6.46. The molecule has 0 N–H and O–H groups in total. The predicted molar refractivity (Wildman–Crippen MR) is 70.4 cm³/mol. The van der Waals surface area contributed by atoms with Gasteiger partial charge in [-0.15, -0.1) is 0 Å². The van der Waals surface area contributed by atoms with Gasteiger partial charge in [0.1, 0.15) is 0 Å². The highest BCUT2D eigenvalue weighted by Gasteiger charge is 1.99. The van der Waals surface area contributed by atoms with Crippen LogP contribution in [0.2, 0.25) is 0 Å². The minimum atomic E-state index is 1.28. The van der Waals surface area contributed by atoms with Gasteiger partial charge < -0.3 is 0 Å². The second kappa shape index (κ2) is 5.69. The molecular formula is C13H11S2+. The second-order valence-corrected chi connectivity index (χ2v) is 5.14. The van der Waals surface area contributed by atoms with Crippen molar-refractivity contribution in [1.29, 1.82) is 0 Å². The zero-order chi connectivity index (χ0) is 10.3. The minimum absolute atomic E-state index is 1.28. The van der Waals surface area contributed by atoms with E-state index in [1.54, 1.807) is 23.1 Å². The van der Waals surface area contributed by atoms with E-state index in [4.69, 9.17) is 0 Å². The molecule has 2 aromatic rings. The van der Waals surface area contributed by atoms with E-state index < -0.39 is 0 Å². The van der Waals surface area contributed by atoms with Crippen LogP contribution in [0.4, 0.5) is 0 Å². The number of thioether (sulfide) groups is 1. The maximum absolute atomic E-state index is 2.16. The average molecular weight is 231 g/mol. The van der Waals surface area contributed by atoms with Gasteiger partial charge in [0, 0.05) is 17.0 Å². The number of rotatable bonds is 3. The molecule has 0 fully saturated rings. The van der Waals surface area contributed by atoms with Gasteiger partial charge in [0.05, 0.1) is 0 Å². The minimum Gasteiger partial charge on any atom is -0.0622 e. The van der Waals surface area contributed by atoms with E-state index in [0.29, 0.717) is 0 Å². The summed E-state index contributed by atoms with van der Waals surface area (Å²) in [5.41, 5.74) is 0. The van der Waals surface area contributed by atoms with Crippen molar-refractivity contribution < 1.29 is 0 Å². The first-order valence-electron chi connectivity index (χ1n) is 4.70. The van der Waals surface area contributed by atoms with Gasteiger partial charge in [0.2, 0.25) is 20.9 Å². The fourth-order valence-electron chi connectivity index (χ4n) is 1.13. The van der Waals surface area contributed by atoms with E-state index in [-0.39, 0.29) is 0 Å². The topological polar surface area (TPSA) is 0 Å². The summed E-state index contributed by atoms with van der Waals surface area (Å²) in [4.78, 5) is 2.56. The summed E-state index contributed by atoms with van der Waals surface area (Å²) in [7, 11) is 0. The molecule has 2 aromatic carbocycles. The third-order valence-electron chi connectivity index (χ3n) is 1.85. The van der Waals surface area contributed by atoms with Gasteiger partial charge in [0.25, 0.3) is 0 Å². The molecule has 0 aliphatic heterocycles.